The molecule has 7 heteroatoms. The highest BCUT2D eigenvalue weighted by atomic mass is 19.1. The Morgan fingerprint density at radius 3 is 2.83 bits per heavy atom. The van der Waals surface area contributed by atoms with Crippen LogP contribution in [0, 0.1) is 17.7 Å². The van der Waals surface area contributed by atoms with Gasteiger partial charge in [-0.1, -0.05) is 13.8 Å². The summed E-state index contributed by atoms with van der Waals surface area (Å²) in [6.45, 7) is 4.32. The van der Waals surface area contributed by atoms with E-state index < -0.39 is 11.2 Å². The van der Waals surface area contributed by atoms with Gasteiger partial charge in [0.15, 0.2) is 5.82 Å². The molecule has 0 aliphatic heterocycles. The number of aromatic amines is 2. The number of nitrogens with one attached hydrogen (secondary N) is 2. The molecule has 3 heterocycles. The zero-order valence-electron chi connectivity index (χ0n) is 13.3. The third kappa shape index (κ3) is 2.28. The molecule has 124 valence electrons. The number of nitrogens with zero attached hydrogens (tertiary/aromatic N) is 2. The third-order valence-corrected chi connectivity index (χ3v) is 4.79. The van der Waals surface area contributed by atoms with E-state index in [9.17, 15) is 14.0 Å². The van der Waals surface area contributed by atoms with Gasteiger partial charge in [-0.05, 0) is 41.9 Å². The standard InChI is InChI=1S/C17H17FN4O2/c1-8(2)9-5-10(9)11-6-14(12-7-19-17(24)20-16(12)23)21-22-4-3-13(18)15(11)22/h3-4,6-10H,5H2,1-2H3,(H2,19,20,23,24)/t9-,10+/m1/s1. The fraction of sp³-hybridized carbons (Fsp3) is 0.353. The molecule has 0 unspecified atom stereocenters. The maximum Gasteiger partial charge on any atom is 0.325 e. The lowest BCUT2D eigenvalue weighted by molar-refractivity contribution is 0.548. The van der Waals surface area contributed by atoms with E-state index in [1.807, 2.05) is 0 Å². The number of fused-ring (bicyclic) bond motifs is 1. The third-order valence-electron chi connectivity index (χ3n) is 4.79. The van der Waals surface area contributed by atoms with Crippen molar-refractivity contribution in [3.63, 3.8) is 0 Å². The van der Waals surface area contributed by atoms with E-state index in [0.717, 1.165) is 12.0 Å². The van der Waals surface area contributed by atoms with Gasteiger partial charge in [0.2, 0.25) is 0 Å². The first-order chi connectivity index (χ1) is 11.5. The number of rotatable bonds is 3. The normalized spacial score (nSPS) is 20.0. The molecule has 0 amide bonds. The molecule has 24 heavy (non-hydrogen) atoms. The second-order valence-corrected chi connectivity index (χ2v) is 6.68. The highest BCUT2D eigenvalue weighted by molar-refractivity contribution is 5.66. The van der Waals surface area contributed by atoms with Gasteiger partial charge in [0, 0.05) is 12.4 Å². The van der Waals surface area contributed by atoms with Gasteiger partial charge in [0.05, 0.1) is 11.3 Å². The fourth-order valence-electron chi connectivity index (χ4n) is 3.44. The SMILES string of the molecule is CC(C)[C@H]1C[C@@H]1c1cc(-c2c[nH]c(=O)[nH]c2=O)nn2ccc(F)c12. The molecule has 4 rings (SSSR count). The van der Waals surface area contributed by atoms with E-state index in [-0.39, 0.29) is 17.3 Å². The Kier molecular flexibility index (Phi) is 3.19. The molecule has 0 aromatic carbocycles. The predicted molar refractivity (Wildman–Crippen MR) is 87.5 cm³/mol. The van der Waals surface area contributed by atoms with Gasteiger partial charge in [-0.2, -0.15) is 5.10 Å². The molecule has 1 fully saturated rings. The number of halogens is 1. The molecule has 1 aliphatic rings. The van der Waals surface area contributed by atoms with Crippen LogP contribution in [-0.4, -0.2) is 19.6 Å². The zero-order valence-corrected chi connectivity index (χ0v) is 13.3. The highest BCUT2D eigenvalue weighted by Crippen LogP contribution is 2.53. The first-order valence-corrected chi connectivity index (χ1v) is 7.96. The Bertz CT molecular complexity index is 1050. The molecular formula is C17H17FN4O2. The molecule has 2 atom stereocenters. The van der Waals surface area contributed by atoms with Crippen LogP contribution in [0.2, 0.25) is 0 Å². The molecular weight excluding hydrogens is 311 g/mol. The molecule has 3 aromatic heterocycles. The van der Waals surface area contributed by atoms with Crippen LogP contribution in [0.25, 0.3) is 16.8 Å². The van der Waals surface area contributed by atoms with E-state index in [1.165, 1.54) is 16.8 Å². The smallest absolute Gasteiger partial charge is 0.313 e. The minimum absolute atomic E-state index is 0.258. The Balaban J connectivity index is 1.92. The minimum Gasteiger partial charge on any atom is -0.313 e. The summed E-state index contributed by atoms with van der Waals surface area (Å²) in [6.07, 6.45) is 3.89. The fourth-order valence-corrected chi connectivity index (χ4v) is 3.44. The Morgan fingerprint density at radius 1 is 1.38 bits per heavy atom. The summed E-state index contributed by atoms with van der Waals surface area (Å²) < 4.78 is 15.7. The quantitative estimate of drug-likeness (QED) is 0.774. The molecule has 0 radical (unpaired) electrons. The summed E-state index contributed by atoms with van der Waals surface area (Å²) in [6, 6.07) is 3.15. The molecule has 6 nitrogen and oxygen atoms in total. The Morgan fingerprint density at radius 2 is 2.17 bits per heavy atom. The molecule has 1 aliphatic carbocycles. The van der Waals surface area contributed by atoms with Crippen molar-refractivity contribution < 1.29 is 4.39 Å². The number of hydrogen-bond donors (Lipinski definition) is 2. The van der Waals surface area contributed by atoms with Crippen molar-refractivity contribution in [3.05, 3.63) is 56.7 Å². The maximum atomic E-state index is 14.2. The molecule has 3 aromatic rings. The first kappa shape index (κ1) is 14.9. The van der Waals surface area contributed by atoms with Crippen molar-refractivity contribution >= 4 is 5.52 Å². The summed E-state index contributed by atoms with van der Waals surface area (Å²) in [5, 5.41) is 4.33. The van der Waals surface area contributed by atoms with Crippen molar-refractivity contribution in [2.24, 2.45) is 11.8 Å². The van der Waals surface area contributed by atoms with E-state index in [0.29, 0.717) is 23.0 Å². The largest absolute Gasteiger partial charge is 0.325 e. The Hall–Kier alpha value is -2.70. The van der Waals surface area contributed by atoms with Crippen LogP contribution in [0.5, 0.6) is 0 Å². The van der Waals surface area contributed by atoms with Gasteiger partial charge >= 0.3 is 5.69 Å². The molecule has 0 bridgehead atoms. The molecule has 1 saturated carbocycles. The lowest BCUT2D eigenvalue weighted by atomic mass is 10.0. The second kappa shape index (κ2) is 5.15. The van der Waals surface area contributed by atoms with Crippen LogP contribution in [0.4, 0.5) is 4.39 Å². The van der Waals surface area contributed by atoms with E-state index >= 15 is 0 Å². The number of hydrogen-bond acceptors (Lipinski definition) is 3. The van der Waals surface area contributed by atoms with E-state index in [2.05, 4.69) is 28.9 Å². The average molecular weight is 328 g/mol. The van der Waals surface area contributed by atoms with Crippen LogP contribution in [0.1, 0.15) is 31.7 Å². The summed E-state index contributed by atoms with van der Waals surface area (Å²) >= 11 is 0. The van der Waals surface area contributed by atoms with Gasteiger partial charge in [-0.25, -0.2) is 13.7 Å². The van der Waals surface area contributed by atoms with E-state index in [1.54, 1.807) is 12.3 Å². The van der Waals surface area contributed by atoms with Gasteiger partial charge < -0.3 is 4.98 Å². The van der Waals surface area contributed by atoms with Crippen molar-refractivity contribution in [2.75, 3.05) is 0 Å². The average Bonchev–Trinajstić information content (AvgIpc) is 3.25. The molecule has 0 saturated heterocycles. The topological polar surface area (TPSA) is 83.0 Å². The van der Waals surface area contributed by atoms with E-state index in [4.69, 9.17) is 0 Å². The Labute approximate surface area is 136 Å². The number of H-pyrrole nitrogens is 2. The van der Waals surface area contributed by atoms with Gasteiger partial charge in [0.25, 0.3) is 5.56 Å². The first-order valence-electron chi connectivity index (χ1n) is 7.96. The second-order valence-electron chi connectivity index (χ2n) is 6.68. The molecule has 2 N–H and O–H groups in total. The number of aromatic nitrogens is 4. The minimum atomic E-state index is -0.570. The van der Waals surface area contributed by atoms with Gasteiger partial charge in [-0.3, -0.25) is 9.78 Å². The monoisotopic (exact) mass is 328 g/mol. The lowest BCUT2D eigenvalue weighted by Gasteiger charge is -2.09. The van der Waals surface area contributed by atoms with Crippen LogP contribution in [0.3, 0.4) is 0 Å². The van der Waals surface area contributed by atoms with Crippen molar-refractivity contribution in [1.82, 2.24) is 19.6 Å². The van der Waals surface area contributed by atoms with Crippen LogP contribution in [0.15, 0.2) is 34.1 Å². The summed E-state index contributed by atoms with van der Waals surface area (Å²) in [4.78, 5) is 27.9. The van der Waals surface area contributed by atoms with Crippen LogP contribution in [-0.2, 0) is 0 Å². The van der Waals surface area contributed by atoms with Gasteiger partial charge in [0.1, 0.15) is 5.52 Å². The molecule has 0 spiro atoms. The predicted octanol–water partition coefficient (Wildman–Crippen LogP) is 2.28. The van der Waals surface area contributed by atoms with Crippen LogP contribution < -0.4 is 11.2 Å². The zero-order chi connectivity index (χ0) is 17.0. The van der Waals surface area contributed by atoms with Crippen LogP contribution >= 0.6 is 0 Å². The van der Waals surface area contributed by atoms with Crippen molar-refractivity contribution in [1.29, 1.82) is 0 Å². The lowest BCUT2D eigenvalue weighted by Crippen LogP contribution is -2.23. The highest BCUT2D eigenvalue weighted by Gasteiger charge is 2.42. The maximum absolute atomic E-state index is 14.2. The van der Waals surface area contributed by atoms with Gasteiger partial charge in [-0.15, -0.1) is 0 Å². The summed E-state index contributed by atoms with van der Waals surface area (Å²) in [5.74, 6) is 0.975. The van der Waals surface area contributed by atoms with Crippen molar-refractivity contribution in [2.45, 2.75) is 26.2 Å². The van der Waals surface area contributed by atoms with Crippen molar-refractivity contribution in [3.8, 4) is 11.3 Å². The summed E-state index contributed by atoms with van der Waals surface area (Å²) in [5.41, 5.74) is 0.924. The summed E-state index contributed by atoms with van der Waals surface area (Å²) in [7, 11) is 0.